The molecule has 1 saturated heterocycles. The molecule has 2 fully saturated rings. The Morgan fingerprint density at radius 3 is 2.58 bits per heavy atom. The van der Waals surface area contributed by atoms with Crippen LogP contribution in [0.5, 0.6) is 0 Å². The van der Waals surface area contributed by atoms with Crippen LogP contribution in [-0.2, 0) is 0 Å². The fourth-order valence-electron chi connectivity index (χ4n) is 2.49. The van der Waals surface area contributed by atoms with Crippen LogP contribution in [0.3, 0.4) is 0 Å². The van der Waals surface area contributed by atoms with E-state index in [1.165, 1.54) is 25.7 Å². The van der Waals surface area contributed by atoms with E-state index < -0.39 is 0 Å². The van der Waals surface area contributed by atoms with E-state index >= 15 is 0 Å². The average molecular weight is 282 g/mol. The van der Waals surface area contributed by atoms with Gasteiger partial charge in [-0.1, -0.05) is 0 Å². The first-order valence-electron chi connectivity index (χ1n) is 7.17. The molecule has 19 heavy (non-hydrogen) atoms. The summed E-state index contributed by atoms with van der Waals surface area (Å²) in [5.74, 6) is 2.28. The first kappa shape index (κ1) is 12.9. The van der Waals surface area contributed by atoms with E-state index in [0.717, 1.165) is 44.0 Å². The summed E-state index contributed by atoms with van der Waals surface area (Å²) in [6.45, 7) is 6.13. The molecular weight excluding hydrogens is 262 g/mol. The molecule has 3 rings (SSSR count). The van der Waals surface area contributed by atoms with E-state index in [9.17, 15) is 0 Å². The Balaban J connectivity index is 1.82. The molecule has 1 aromatic rings. The normalized spacial score (nSPS) is 18.9. The van der Waals surface area contributed by atoms with E-state index in [1.807, 2.05) is 0 Å². The van der Waals surface area contributed by atoms with Gasteiger partial charge in [-0.15, -0.1) is 0 Å². The number of hydrogen-bond donors (Lipinski definition) is 0. The van der Waals surface area contributed by atoms with Gasteiger partial charge in [-0.3, -0.25) is 0 Å². The summed E-state index contributed by atoms with van der Waals surface area (Å²) >= 11 is 6.07. The second kappa shape index (κ2) is 5.49. The highest BCUT2D eigenvalue weighted by atomic mass is 35.5. The zero-order chi connectivity index (χ0) is 13.2. The van der Waals surface area contributed by atoms with Crippen LogP contribution in [0.2, 0.25) is 5.28 Å². The Kier molecular flexibility index (Phi) is 3.73. The molecule has 0 bridgehead atoms. The van der Waals surface area contributed by atoms with E-state index in [4.69, 9.17) is 11.6 Å². The zero-order valence-corrected chi connectivity index (χ0v) is 12.1. The molecule has 1 aliphatic heterocycles. The van der Waals surface area contributed by atoms with Gasteiger partial charge in [0.25, 0.3) is 0 Å². The lowest BCUT2D eigenvalue weighted by atomic mass is 10.4. The van der Waals surface area contributed by atoms with E-state index in [1.54, 1.807) is 0 Å². The Labute approximate surface area is 119 Å². The molecule has 0 radical (unpaired) electrons. The number of nitrogens with zero attached hydrogens (tertiary/aromatic N) is 5. The van der Waals surface area contributed by atoms with E-state index in [-0.39, 0.29) is 0 Å². The van der Waals surface area contributed by atoms with E-state index in [0.29, 0.717) is 5.28 Å². The Bertz CT molecular complexity index is 443. The summed E-state index contributed by atoms with van der Waals surface area (Å²) in [6, 6.07) is 0. The molecule has 2 aliphatic rings. The van der Waals surface area contributed by atoms with Crippen molar-refractivity contribution in [2.45, 2.75) is 32.6 Å². The first-order valence-corrected chi connectivity index (χ1v) is 7.55. The van der Waals surface area contributed by atoms with Crippen LogP contribution >= 0.6 is 11.6 Å². The lowest BCUT2D eigenvalue weighted by Gasteiger charge is -2.22. The van der Waals surface area contributed by atoms with Gasteiger partial charge < -0.3 is 9.80 Å². The second-order valence-corrected chi connectivity index (χ2v) is 5.72. The van der Waals surface area contributed by atoms with Crippen molar-refractivity contribution in [2.75, 3.05) is 36.0 Å². The molecule has 0 N–H and O–H groups in total. The summed E-state index contributed by atoms with van der Waals surface area (Å²) in [4.78, 5) is 17.6. The minimum atomic E-state index is 0.307. The SMILES string of the molecule is CCN(CC1CC1)c1nc(Cl)nc(N2CCCC2)n1. The molecule has 0 atom stereocenters. The van der Waals surface area contributed by atoms with Gasteiger partial charge in [0.15, 0.2) is 0 Å². The molecule has 6 heteroatoms. The van der Waals surface area contributed by atoms with Crippen LogP contribution in [0, 0.1) is 5.92 Å². The third-order valence-electron chi connectivity index (χ3n) is 3.81. The fraction of sp³-hybridized carbons (Fsp3) is 0.769. The number of rotatable bonds is 5. The maximum absolute atomic E-state index is 6.07. The summed E-state index contributed by atoms with van der Waals surface area (Å²) < 4.78 is 0. The van der Waals surface area contributed by atoms with Crippen molar-refractivity contribution < 1.29 is 0 Å². The summed E-state index contributed by atoms with van der Waals surface area (Å²) in [5.41, 5.74) is 0. The van der Waals surface area contributed by atoms with Crippen molar-refractivity contribution in [2.24, 2.45) is 5.92 Å². The standard InChI is InChI=1S/C13H20ClN5/c1-2-18(9-10-5-6-10)12-15-11(14)16-13(17-12)19-7-3-4-8-19/h10H,2-9H2,1H3. The minimum absolute atomic E-state index is 0.307. The third-order valence-corrected chi connectivity index (χ3v) is 3.98. The molecule has 104 valence electrons. The van der Waals surface area contributed by atoms with Crippen LogP contribution in [0.15, 0.2) is 0 Å². The van der Waals surface area contributed by atoms with Gasteiger partial charge in [0.2, 0.25) is 17.2 Å². The average Bonchev–Trinajstić information content (AvgIpc) is 3.05. The van der Waals surface area contributed by atoms with Crippen LogP contribution in [-0.4, -0.2) is 41.1 Å². The van der Waals surface area contributed by atoms with Gasteiger partial charge in [-0.05, 0) is 50.1 Å². The van der Waals surface area contributed by atoms with Crippen molar-refractivity contribution in [1.29, 1.82) is 0 Å². The number of aromatic nitrogens is 3. The van der Waals surface area contributed by atoms with Gasteiger partial charge in [-0.2, -0.15) is 15.0 Å². The molecule has 1 saturated carbocycles. The number of halogens is 1. The topological polar surface area (TPSA) is 45.2 Å². The zero-order valence-electron chi connectivity index (χ0n) is 11.3. The Morgan fingerprint density at radius 2 is 1.95 bits per heavy atom. The van der Waals surface area contributed by atoms with Crippen molar-refractivity contribution in [3.05, 3.63) is 5.28 Å². The molecule has 1 aliphatic carbocycles. The van der Waals surface area contributed by atoms with Crippen molar-refractivity contribution >= 4 is 23.5 Å². The molecule has 1 aromatic heterocycles. The monoisotopic (exact) mass is 281 g/mol. The van der Waals surface area contributed by atoms with Gasteiger partial charge in [0, 0.05) is 26.2 Å². The molecule has 2 heterocycles. The molecular formula is C13H20ClN5. The maximum Gasteiger partial charge on any atom is 0.231 e. The molecule has 5 nitrogen and oxygen atoms in total. The van der Waals surface area contributed by atoms with Crippen molar-refractivity contribution in [3.8, 4) is 0 Å². The van der Waals surface area contributed by atoms with Crippen LogP contribution in [0.25, 0.3) is 0 Å². The van der Waals surface area contributed by atoms with E-state index in [2.05, 4.69) is 31.7 Å². The minimum Gasteiger partial charge on any atom is -0.341 e. The highest BCUT2D eigenvalue weighted by Crippen LogP contribution is 2.31. The molecule has 0 spiro atoms. The lowest BCUT2D eigenvalue weighted by Crippen LogP contribution is -2.29. The highest BCUT2D eigenvalue weighted by Gasteiger charge is 2.26. The fourth-order valence-corrected chi connectivity index (χ4v) is 2.64. The van der Waals surface area contributed by atoms with Crippen LogP contribution in [0.1, 0.15) is 32.6 Å². The molecule has 0 aromatic carbocycles. The van der Waals surface area contributed by atoms with Gasteiger partial charge in [0.1, 0.15) is 0 Å². The summed E-state index contributed by atoms with van der Waals surface area (Å²) in [5, 5.41) is 0.307. The van der Waals surface area contributed by atoms with Crippen LogP contribution < -0.4 is 9.80 Å². The number of hydrogen-bond acceptors (Lipinski definition) is 5. The van der Waals surface area contributed by atoms with Gasteiger partial charge in [-0.25, -0.2) is 0 Å². The Hall–Kier alpha value is -1.10. The third kappa shape index (κ3) is 3.08. The van der Waals surface area contributed by atoms with Crippen LogP contribution in [0.4, 0.5) is 11.9 Å². The van der Waals surface area contributed by atoms with Gasteiger partial charge >= 0.3 is 0 Å². The van der Waals surface area contributed by atoms with Crippen molar-refractivity contribution in [1.82, 2.24) is 15.0 Å². The highest BCUT2D eigenvalue weighted by molar-refractivity contribution is 6.28. The van der Waals surface area contributed by atoms with Gasteiger partial charge in [0.05, 0.1) is 0 Å². The quantitative estimate of drug-likeness (QED) is 0.829. The predicted octanol–water partition coefficient (Wildman–Crippen LogP) is 2.36. The maximum atomic E-state index is 6.07. The second-order valence-electron chi connectivity index (χ2n) is 5.38. The smallest absolute Gasteiger partial charge is 0.231 e. The predicted molar refractivity (Wildman–Crippen MR) is 76.9 cm³/mol. The summed E-state index contributed by atoms with van der Waals surface area (Å²) in [6.07, 6.45) is 5.07. The summed E-state index contributed by atoms with van der Waals surface area (Å²) in [7, 11) is 0. The lowest BCUT2D eigenvalue weighted by molar-refractivity contribution is 0.713. The largest absolute Gasteiger partial charge is 0.341 e. The number of anilines is 2. The Morgan fingerprint density at radius 1 is 1.21 bits per heavy atom. The molecule has 0 amide bonds. The van der Waals surface area contributed by atoms with Crippen molar-refractivity contribution in [3.63, 3.8) is 0 Å². The molecule has 0 unspecified atom stereocenters. The first-order chi connectivity index (χ1) is 9.26.